The molecule has 8 heteroatoms. The lowest BCUT2D eigenvalue weighted by Crippen LogP contribution is -2.07. The highest BCUT2D eigenvalue weighted by molar-refractivity contribution is 8.00. The van der Waals surface area contributed by atoms with E-state index in [4.69, 9.17) is 5.73 Å². The Hall–Kier alpha value is -1.80. The minimum Gasteiger partial charge on any atom is -0.399 e. The molecule has 0 aliphatic heterocycles. The van der Waals surface area contributed by atoms with Crippen LogP contribution in [0.4, 0.5) is 10.8 Å². The van der Waals surface area contributed by atoms with Gasteiger partial charge in [0.25, 0.3) is 0 Å². The monoisotopic (exact) mass is 292 g/mol. The number of nitrogens with two attached hydrogens (primary N) is 1. The van der Waals surface area contributed by atoms with E-state index in [-0.39, 0.29) is 0 Å². The number of nitrogen functional groups attached to an aromatic ring is 1. The standard InChI is InChI=1S/C11H12N6S2/c1-17(2)10-15-16-11(19-10)18-9-13-7-4-3-6(12)5-8(7)14-9/h3-5H,12H2,1-2H3,(H,13,14). The van der Waals surface area contributed by atoms with Crippen LogP contribution in [0.25, 0.3) is 11.0 Å². The van der Waals surface area contributed by atoms with Crippen molar-refractivity contribution < 1.29 is 0 Å². The Kier molecular flexibility index (Phi) is 3.03. The first-order valence-electron chi connectivity index (χ1n) is 5.56. The van der Waals surface area contributed by atoms with Crippen molar-refractivity contribution in [2.75, 3.05) is 24.7 Å². The average Bonchev–Trinajstić information content (AvgIpc) is 2.95. The van der Waals surface area contributed by atoms with E-state index in [0.29, 0.717) is 0 Å². The first kappa shape index (κ1) is 12.2. The van der Waals surface area contributed by atoms with Gasteiger partial charge in [-0.3, -0.25) is 0 Å². The average molecular weight is 292 g/mol. The fourth-order valence-electron chi connectivity index (χ4n) is 1.56. The number of hydrogen-bond donors (Lipinski definition) is 2. The van der Waals surface area contributed by atoms with Crippen LogP contribution in [0.1, 0.15) is 0 Å². The van der Waals surface area contributed by atoms with Crippen molar-refractivity contribution in [2.45, 2.75) is 9.50 Å². The normalized spacial score (nSPS) is 11.1. The van der Waals surface area contributed by atoms with Gasteiger partial charge in [0.15, 0.2) is 9.50 Å². The maximum absolute atomic E-state index is 5.74. The fourth-order valence-corrected chi connectivity index (χ4v) is 3.24. The van der Waals surface area contributed by atoms with Gasteiger partial charge >= 0.3 is 0 Å². The molecule has 3 aromatic rings. The summed E-state index contributed by atoms with van der Waals surface area (Å²) in [5, 5.41) is 9.89. The smallest absolute Gasteiger partial charge is 0.208 e. The van der Waals surface area contributed by atoms with Crippen LogP contribution in [0.2, 0.25) is 0 Å². The van der Waals surface area contributed by atoms with E-state index in [0.717, 1.165) is 31.3 Å². The van der Waals surface area contributed by atoms with Crippen molar-refractivity contribution in [3.05, 3.63) is 18.2 Å². The number of fused-ring (bicyclic) bond motifs is 1. The molecular formula is C11H12N6S2. The Morgan fingerprint density at radius 2 is 2.16 bits per heavy atom. The van der Waals surface area contributed by atoms with Gasteiger partial charge in [-0.15, -0.1) is 10.2 Å². The Morgan fingerprint density at radius 1 is 1.32 bits per heavy atom. The number of nitrogens with zero attached hydrogens (tertiary/aromatic N) is 4. The van der Waals surface area contributed by atoms with Crippen LogP contribution in [0, 0.1) is 0 Å². The number of hydrogen-bond acceptors (Lipinski definition) is 7. The van der Waals surface area contributed by atoms with Crippen LogP contribution in [-0.4, -0.2) is 34.3 Å². The molecule has 98 valence electrons. The van der Waals surface area contributed by atoms with E-state index in [1.165, 1.54) is 23.1 Å². The lowest BCUT2D eigenvalue weighted by molar-refractivity contribution is 0.968. The predicted octanol–water partition coefficient (Wildman–Crippen LogP) is 2.21. The molecule has 0 saturated carbocycles. The summed E-state index contributed by atoms with van der Waals surface area (Å²) in [6.45, 7) is 0. The molecule has 0 bridgehead atoms. The van der Waals surface area contributed by atoms with Gasteiger partial charge in [0, 0.05) is 19.8 Å². The second-order valence-corrected chi connectivity index (χ2v) is 6.36. The summed E-state index contributed by atoms with van der Waals surface area (Å²) < 4.78 is 0.857. The van der Waals surface area contributed by atoms with Crippen LogP contribution >= 0.6 is 23.1 Å². The first-order valence-corrected chi connectivity index (χ1v) is 7.19. The summed E-state index contributed by atoms with van der Waals surface area (Å²) in [6, 6.07) is 5.61. The molecule has 2 heterocycles. The minimum absolute atomic E-state index is 0.721. The molecule has 6 nitrogen and oxygen atoms in total. The van der Waals surface area contributed by atoms with E-state index >= 15 is 0 Å². The Balaban J connectivity index is 1.87. The first-order chi connectivity index (χ1) is 9.11. The number of H-pyrrole nitrogens is 1. The molecule has 0 aliphatic carbocycles. The zero-order valence-corrected chi connectivity index (χ0v) is 12.0. The Bertz CT molecular complexity index is 717. The van der Waals surface area contributed by atoms with E-state index in [1.54, 1.807) is 0 Å². The number of imidazole rings is 1. The molecule has 3 rings (SSSR count). The largest absolute Gasteiger partial charge is 0.399 e. The van der Waals surface area contributed by atoms with E-state index in [9.17, 15) is 0 Å². The second kappa shape index (κ2) is 4.71. The lowest BCUT2D eigenvalue weighted by Gasteiger charge is -2.03. The van der Waals surface area contributed by atoms with E-state index < -0.39 is 0 Å². The number of nitrogens with one attached hydrogen (secondary N) is 1. The maximum atomic E-state index is 5.74. The van der Waals surface area contributed by atoms with Crippen LogP contribution in [0.15, 0.2) is 27.7 Å². The molecule has 0 amide bonds. The minimum atomic E-state index is 0.721. The molecule has 0 saturated heterocycles. The van der Waals surface area contributed by atoms with Crippen molar-refractivity contribution in [3.63, 3.8) is 0 Å². The quantitative estimate of drug-likeness (QED) is 0.720. The molecule has 3 N–H and O–H groups in total. The number of rotatable bonds is 3. The van der Waals surface area contributed by atoms with Crippen molar-refractivity contribution >= 4 is 45.0 Å². The Morgan fingerprint density at radius 3 is 2.89 bits per heavy atom. The lowest BCUT2D eigenvalue weighted by atomic mass is 10.3. The number of aromatic nitrogens is 4. The Labute approximate surface area is 118 Å². The van der Waals surface area contributed by atoms with Gasteiger partial charge in [0.2, 0.25) is 5.13 Å². The van der Waals surface area contributed by atoms with Gasteiger partial charge in [0.05, 0.1) is 11.0 Å². The van der Waals surface area contributed by atoms with Crippen LogP contribution < -0.4 is 10.6 Å². The molecule has 0 fully saturated rings. The van der Waals surface area contributed by atoms with Gasteiger partial charge in [-0.25, -0.2) is 4.98 Å². The summed E-state index contributed by atoms with van der Waals surface area (Å²) in [5.41, 5.74) is 8.29. The molecule has 1 aromatic carbocycles. The summed E-state index contributed by atoms with van der Waals surface area (Å²) in [7, 11) is 3.89. The highest BCUT2D eigenvalue weighted by Gasteiger charge is 2.10. The van der Waals surface area contributed by atoms with Crippen molar-refractivity contribution in [3.8, 4) is 0 Å². The topological polar surface area (TPSA) is 83.7 Å². The molecule has 0 radical (unpaired) electrons. The van der Waals surface area contributed by atoms with Gasteiger partial charge in [-0.05, 0) is 30.0 Å². The molecule has 0 unspecified atom stereocenters. The molecule has 0 spiro atoms. The maximum Gasteiger partial charge on any atom is 0.208 e. The number of benzene rings is 1. The molecule has 2 aromatic heterocycles. The van der Waals surface area contributed by atoms with Crippen molar-refractivity contribution in [1.29, 1.82) is 0 Å². The van der Waals surface area contributed by atoms with Crippen molar-refractivity contribution in [1.82, 2.24) is 20.2 Å². The zero-order chi connectivity index (χ0) is 13.4. The zero-order valence-electron chi connectivity index (χ0n) is 10.4. The molecule has 0 aliphatic rings. The van der Waals surface area contributed by atoms with E-state index in [2.05, 4.69) is 20.2 Å². The number of anilines is 2. The van der Waals surface area contributed by atoms with Crippen molar-refractivity contribution in [2.24, 2.45) is 0 Å². The number of aromatic amines is 1. The summed E-state index contributed by atoms with van der Waals surface area (Å²) in [4.78, 5) is 9.63. The summed E-state index contributed by atoms with van der Waals surface area (Å²) >= 11 is 3.00. The molecule has 0 atom stereocenters. The summed E-state index contributed by atoms with van der Waals surface area (Å²) in [6.07, 6.45) is 0. The predicted molar refractivity (Wildman–Crippen MR) is 78.9 cm³/mol. The highest BCUT2D eigenvalue weighted by Crippen LogP contribution is 2.32. The summed E-state index contributed by atoms with van der Waals surface area (Å²) in [5.74, 6) is 0. The SMILES string of the molecule is CN(C)c1nnc(Sc2nc3ccc(N)cc3[nH]2)s1. The second-order valence-electron chi connectivity index (χ2n) is 4.17. The van der Waals surface area contributed by atoms with E-state index in [1.807, 2.05) is 37.2 Å². The molecule has 19 heavy (non-hydrogen) atoms. The van der Waals surface area contributed by atoms with Crippen LogP contribution in [0.3, 0.4) is 0 Å². The third-order valence-corrected chi connectivity index (χ3v) is 4.48. The van der Waals surface area contributed by atoms with Crippen LogP contribution in [-0.2, 0) is 0 Å². The third kappa shape index (κ3) is 2.49. The van der Waals surface area contributed by atoms with Gasteiger partial charge < -0.3 is 15.6 Å². The molecular weight excluding hydrogens is 280 g/mol. The van der Waals surface area contributed by atoms with Gasteiger partial charge in [-0.2, -0.15) is 0 Å². The van der Waals surface area contributed by atoms with Gasteiger partial charge in [-0.1, -0.05) is 11.3 Å². The fraction of sp³-hybridized carbons (Fsp3) is 0.182. The third-order valence-electron chi connectivity index (χ3n) is 2.45. The van der Waals surface area contributed by atoms with Gasteiger partial charge in [0.1, 0.15) is 0 Å². The highest BCUT2D eigenvalue weighted by atomic mass is 32.2. The van der Waals surface area contributed by atoms with Crippen LogP contribution in [0.5, 0.6) is 0 Å².